The van der Waals surface area contributed by atoms with Gasteiger partial charge in [-0.05, 0) is 132 Å². The number of imide groups is 1. The molecule has 2 fully saturated rings. The number of nitrogens with zero attached hydrogens (tertiary/aromatic N) is 1. The highest BCUT2D eigenvalue weighted by atomic mass is 16.6. The zero-order valence-electron chi connectivity index (χ0n) is 27.3. The Hall–Kier alpha value is -2.87. The molecule has 0 spiro atoms. The summed E-state index contributed by atoms with van der Waals surface area (Å²) in [7, 11) is 0. The first kappa shape index (κ1) is 32.5. The van der Waals surface area contributed by atoms with Crippen molar-refractivity contribution >= 4 is 17.9 Å². The largest absolute Gasteiger partial charge is 0.494 e. The molecular formula is C36H53N3O5. The summed E-state index contributed by atoms with van der Waals surface area (Å²) >= 11 is 0. The molecule has 2 N–H and O–H groups in total. The van der Waals surface area contributed by atoms with E-state index in [0.29, 0.717) is 37.1 Å². The Kier molecular flexibility index (Phi) is 10.4. The van der Waals surface area contributed by atoms with E-state index in [2.05, 4.69) is 35.8 Å². The average molecular weight is 608 g/mol. The van der Waals surface area contributed by atoms with Crippen molar-refractivity contribution in [2.24, 2.45) is 17.3 Å². The van der Waals surface area contributed by atoms with Gasteiger partial charge >= 0.3 is 6.09 Å². The summed E-state index contributed by atoms with van der Waals surface area (Å²) in [6, 6.07) is 7.34. The molecule has 2 saturated carbocycles. The van der Waals surface area contributed by atoms with Gasteiger partial charge in [0.1, 0.15) is 11.4 Å². The third-order valence-corrected chi connectivity index (χ3v) is 10.6. The van der Waals surface area contributed by atoms with E-state index in [-0.39, 0.29) is 17.9 Å². The summed E-state index contributed by atoms with van der Waals surface area (Å²) in [5, 5.41) is 6.75. The molecule has 0 aromatic heterocycles. The number of benzene rings is 1. The number of hydrogen-bond acceptors (Lipinski definition) is 6. The van der Waals surface area contributed by atoms with Crippen LogP contribution < -0.4 is 15.4 Å². The normalized spacial score (nSPS) is 27.6. The van der Waals surface area contributed by atoms with Crippen molar-refractivity contribution in [1.29, 1.82) is 0 Å². The van der Waals surface area contributed by atoms with E-state index >= 15 is 0 Å². The highest BCUT2D eigenvalue weighted by molar-refractivity contribution is 6.12. The molecule has 1 aromatic rings. The molecular weight excluding hydrogens is 554 g/mol. The predicted octanol–water partition coefficient (Wildman–Crippen LogP) is 6.28. The lowest BCUT2D eigenvalue weighted by atomic mass is 9.55. The van der Waals surface area contributed by atoms with Crippen LogP contribution in [0, 0.1) is 17.3 Å². The fourth-order valence-corrected chi connectivity index (χ4v) is 8.43. The summed E-state index contributed by atoms with van der Waals surface area (Å²) in [4.78, 5) is 36.6. The molecule has 0 radical (unpaired) electrons. The first-order chi connectivity index (χ1) is 21.0. The van der Waals surface area contributed by atoms with Crippen LogP contribution in [0.25, 0.3) is 0 Å². The Balaban J connectivity index is 1.03. The van der Waals surface area contributed by atoms with Crippen molar-refractivity contribution in [3.8, 4) is 5.75 Å². The fraction of sp³-hybridized carbons (Fsp3) is 0.694. The van der Waals surface area contributed by atoms with Crippen molar-refractivity contribution in [3.05, 3.63) is 41.5 Å². The topological polar surface area (TPSA) is 97.0 Å². The van der Waals surface area contributed by atoms with Crippen LogP contribution in [-0.4, -0.2) is 60.7 Å². The van der Waals surface area contributed by atoms with E-state index in [0.717, 1.165) is 62.7 Å². The van der Waals surface area contributed by atoms with Gasteiger partial charge in [-0.2, -0.15) is 0 Å². The number of alkyl carbamates (subject to hydrolysis) is 1. The highest BCUT2D eigenvalue weighted by Crippen LogP contribution is 2.61. The zero-order valence-corrected chi connectivity index (χ0v) is 27.3. The lowest BCUT2D eigenvalue weighted by Gasteiger charge is -2.51. The minimum absolute atomic E-state index is 0.172. The number of fused-ring (bicyclic) bond motifs is 5. The van der Waals surface area contributed by atoms with Gasteiger partial charge < -0.3 is 20.1 Å². The number of carbonyl (C=O) groups is 3. The van der Waals surface area contributed by atoms with E-state index in [1.54, 1.807) is 5.56 Å². The number of unbranched alkanes of at least 4 members (excludes halogenated alkanes) is 3. The van der Waals surface area contributed by atoms with Gasteiger partial charge in [0.25, 0.3) is 11.8 Å². The second-order valence-electron chi connectivity index (χ2n) is 14.6. The minimum atomic E-state index is -0.488. The van der Waals surface area contributed by atoms with Crippen LogP contribution in [0.2, 0.25) is 0 Å². The Morgan fingerprint density at radius 3 is 2.52 bits per heavy atom. The summed E-state index contributed by atoms with van der Waals surface area (Å²) in [6.07, 6.45) is 14.8. The number of amides is 3. The van der Waals surface area contributed by atoms with Gasteiger partial charge in [-0.15, -0.1) is 0 Å². The second kappa shape index (κ2) is 14.1. The SMILES string of the molecule is CC(C)(C)OC(=O)NCCCOc1ccc2c(c1)CC[C@@H]1[C@@H]2CC[C@]2(C)[C@@H](NCCCCCCN3C(=O)C=CC3=O)CC[C@@H]12. The van der Waals surface area contributed by atoms with Crippen LogP contribution in [-0.2, 0) is 20.7 Å². The van der Waals surface area contributed by atoms with E-state index in [1.807, 2.05) is 20.8 Å². The summed E-state index contributed by atoms with van der Waals surface area (Å²) in [5.74, 6) is 2.80. The van der Waals surface area contributed by atoms with Gasteiger partial charge in [-0.25, -0.2) is 4.79 Å². The van der Waals surface area contributed by atoms with Crippen LogP contribution in [0.3, 0.4) is 0 Å². The number of nitrogens with one attached hydrogen (secondary N) is 2. The number of hydrogen-bond donors (Lipinski definition) is 2. The lowest BCUT2D eigenvalue weighted by Crippen LogP contribution is -2.48. The van der Waals surface area contributed by atoms with E-state index in [1.165, 1.54) is 54.7 Å². The maximum atomic E-state index is 11.8. The molecule has 44 heavy (non-hydrogen) atoms. The van der Waals surface area contributed by atoms with Gasteiger partial charge in [0.15, 0.2) is 0 Å². The molecule has 5 atom stereocenters. The molecule has 8 heteroatoms. The Labute approximate surface area is 263 Å². The first-order valence-electron chi connectivity index (χ1n) is 17.0. The van der Waals surface area contributed by atoms with Gasteiger partial charge in [-0.1, -0.05) is 25.8 Å². The average Bonchev–Trinajstić information content (AvgIpc) is 3.48. The molecule has 1 aromatic carbocycles. The van der Waals surface area contributed by atoms with Crippen LogP contribution in [0.5, 0.6) is 5.75 Å². The molecule has 1 heterocycles. The van der Waals surface area contributed by atoms with Crippen molar-refractivity contribution in [2.45, 2.75) is 116 Å². The molecule has 0 bridgehead atoms. The van der Waals surface area contributed by atoms with Gasteiger partial charge in [0.05, 0.1) is 6.61 Å². The van der Waals surface area contributed by atoms with E-state index in [4.69, 9.17) is 9.47 Å². The van der Waals surface area contributed by atoms with Crippen LogP contribution in [0.1, 0.15) is 109 Å². The van der Waals surface area contributed by atoms with Crippen molar-refractivity contribution < 1.29 is 23.9 Å². The molecule has 5 rings (SSSR count). The van der Waals surface area contributed by atoms with Gasteiger partial charge in [-0.3, -0.25) is 14.5 Å². The predicted molar refractivity (Wildman–Crippen MR) is 172 cm³/mol. The van der Waals surface area contributed by atoms with Gasteiger partial charge in [0.2, 0.25) is 0 Å². The third-order valence-electron chi connectivity index (χ3n) is 10.6. The summed E-state index contributed by atoms with van der Waals surface area (Å²) < 4.78 is 11.3. The highest BCUT2D eigenvalue weighted by Gasteiger charge is 2.54. The van der Waals surface area contributed by atoms with E-state index < -0.39 is 5.60 Å². The Bertz CT molecular complexity index is 1200. The monoisotopic (exact) mass is 607 g/mol. The molecule has 4 aliphatic rings. The maximum Gasteiger partial charge on any atom is 0.407 e. The molecule has 8 nitrogen and oxygen atoms in total. The van der Waals surface area contributed by atoms with Crippen molar-refractivity contribution in [1.82, 2.24) is 15.5 Å². The Morgan fingerprint density at radius 1 is 0.977 bits per heavy atom. The Morgan fingerprint density at radius 2 is 1.75 bits per heavy atom. The number of aryl methyl sites for hydroxylation is 1. The molecule has 3 aliphatic carbocycles. The third kappa shape index (κ3) is 7.67. The molecule has 0 unspecified atom stereocenters. The van der Waals surface area contributed by atoms with E-state index in [9.17, 15) is 14.4 Å². The first-order valence-corrected chi connectivity index (χ1v) is 17.0. The van der Waals surface area contributed by atoms with Crippen LogP contribution in [0.4, 0.5) is 4.79 Å². The minimum Gasteiger partial charge on any atom is -0.494 e. The number of carbonyl (C=O) groups excluding carboxylic acids is 3. The van der Waals surface area contributed by atoms with Gasteiger partial charge in [0, 0.05) is 31.3 Å². The standard InChI is InChI=1S/C36H53N3O5/c1-35(2,3)44-34(42)38-21-9-23-43-26-11-13-27-25(24-26)10-12-29-28(27)18-19-36(4)30(29)14-15-31(36)37-20-7-5-6-8-22-39-32(40)16-17-33(39)41/h11,13,16-17,24,28-31,37H,5-10,12,14-15,18-23H2,1-4H3,(H,38,42)/t28-,29-,30+,31+,36+/m1/s1. The molecule has 1 aliphatic heterocycles. The number of ether oxygens (including phenoxy) is 2. The smallest absolute Gasteiger partial charge is 0.407 e. The number of rotatable bonds is 13. The molecule has 0 saturated heterocycles. The fourth-order valence-electron chi connectivity index (χ4n) is 8.43. The zero-order chi connectivity index (χ0) is 31.3. The summed E-state index contributed by atoms with van der Waals surface area (Å²) in [5.41, 5.74) is 2.89. The quantitative estimate of drug-likeness (QED) is 0.202. The summed E-state index contributed by atoms with van der Waals surface area (Å²) in [6.45, 7) is 10.8. The molecule has 242 valence electrons. The second-order valence-corrected chi connectivity index (χ2v) is 14.6. The van der Waals surface area contributed by atoms with Crippen molar-refractivity contribution in [2.75, 3.05) is 26.2 Å². The molecule has 3 amide bonds. The lowest BCUT2D eigenvalue weighted by molar-refractivity contribution is -0.136. The van der Waals surface area contributed by atoms with Crippen LogP contribution in [0.15, 0.2) is 30.4 Å². The van der Waals surface area contributed by atoms with Crippen LogP contribution >= 0.6 is 0 Å². The maximum absolute atomic E-state index is 11.8. The van der Waals surface area contributed by atoms with Crippen molar-refractivity contribution in [3.63, 3.8) is 0 Å².